The molecule has 5 aromatic heterocycles. The molecule has 1 atom stereocenters. The summed E-state index contributed by atoms with van der Waals surface area (Å²) < 4.78 is 7.03. The molecule has 0 fully saturated rings. The van der Waals surface area contributed by atoms with Gasteiger partial charge in [0, 0.05) is 65.2 Å². The van der Waals surface area contributed by atoms with Gasteiger partial charge in [0.2, 0.25) is 0 Å². The number of fused-ring (bicyclic) bond motifs is 18. The Balaban J connectivity index is 0.957. The van der Waals surface area contributed by atoms with E-state index in [0.29, 0.717) is 11.1 Å². The van der Waals surface area contributed by atoms with E-state index in [0.717, 1.165) is 77.3 Å². The van der Waals surface area contributed by atoms with Crippen molar-refractivity contribution in [2.45, 2.75) is 15.2 Å². The Hall–Kier alpha value is -9.21. The van der Waals surface area contributed by atoms with E-state index in [9.17, 15) is 10.5 Å². The molecule has 13 aromatic rings. The highest BCUT2D eigenvalue weighted by atomic mass is 32.2. The summed E-state index contributed by atoms with van der Waals surface area (Å²) in [5, 5.41) is 26.5. The number of pyridine rings is 2. The molecule has 15 rings (SSSR count). The van der Waals surface area contributed by atoms with E-state index in [1.54, 1.807) is 0 Å². The number of nitriles is 2. The fourth-order valence-electron chi connectivity index (χ4n) is 11.9. The van der Waals surface area contributed by atoms with Gasteiger partial charge >= 0.3 is 0 Å². The van der Waals surface area contributed by atoms with E-state index < -0.39 is 5.41 Å². The van der Waals surface area contributed by atoms with Crippen LogP contribution in [0.2, 0.25) is 0 Å². The first-order valence-corrected chi connectivity index (χ1v) is 23.7. The van der Waals surface area contributed by atoms with Crippen LogP contribution in [-0.2, 0) is 5.41 Å². The van der Waals surface area contributed by atoms with Crippen molar-refractivity contribution in [3.63, 3.8) is 0 Å². The largest absolute Gasteiger partial charge is 0.309 e. The van der Waals surface area contributed by atoms with Crippen LogP contribution in [0.15, 0.2) is 210 Å². The molecule has 8 heteroatoms. The van der Waals surface area contributed by atoms with Crippen molar-refractivity contribution < 1.29 is 0 Å². The van der Waals surface area contributed by atoms with Crippen molar-refractivity contribution in [2.24, 2.45) is 0 Å². The molecule has 0 bridgehead atoms. The minimum Gasteiger partial charge on any atom is -0.309 e. The van der Waals surface area contributed by atoms with Gasteiger partial charge in [0.25, 0.3) is 0 Å². The van der Waals surface area contributed by atoms with Crippen LogP contribution >= 0.6 is 11.8 Å². The fraction of sp³-hybridized carbons (Fsp3) is 0.0164. The summed E-state index contributed by atoms with van der Waals surface area (Å²) in [7, 11) is 0. The van der Waals surface area contributed by atoms with Crippen LogP contribution in [0.4, 0.5) is 0 Å². The number of para-hydroxylation sites is 3. The number of nitrogens with zero attached hydrogens (tertiary/aromatic N) is 7. The van der Waals surface area contributed by atoms with Crippen molar-refractivity contribution in [3.8, 4) is 40.6 Å². The van der Waals surface area contributed by atoms with Gasteiger partial charge in [0.1, 0.15) is 0 Å². The molecule has 1 unspecified atom stereocenters. The predicted molar refractivity (Wildman–Crippen MR) is 276 cm³/mol. The zero-order chi connectivity index (χ0) is 45.5. The van der Waals surface area contributed by atoms with E-state index in [2.05, 4.69) is 171 Å². The molecule has 1 spiro atoms. The van der Waals surface area contributed by atoms with Gasteiger partial charge < -0.3 is 13.7 Å². The SMILES string of the molecule is N#Cc1ccc2c(c1)c1cc(C#N)ccc1n2-c1cnc2c(c1)C1(c3ccccc3Sc3cc(-n4c5ccccc5c5cc(-n6c7ccccc7c7ccccc76)ccc54)ccc31)c1cccnc1-2. The summed E-state index contributed by atoms with van der Waals surface area (Å²) in [6.07, 6.45) is 3.81. The van der Waals surface area contributed by atoms with Gasteiger partial charge in [-0.1, -0.05) is 96.7 Å². The molecule has 1 aliphatic carbocycles. The Morgan fingerprint density at radius 1 is 0.377 bits per heavy atom. The zero-order valence-corrected chi connectivity index (χ0v) is 37.4. The van der Waals surface area contributed by atoms with Crippen LogP contribution in [0.25, 0.3) is 93.9 Å². The number of hydrogen-bond donors (Lipinski definition) is 0. The van der Waals surface area contributed by atoms with Gasteiger partial charge in [-0.25, -0.2) is 0 Å². The standard InChI is InChI=1S/C61H33N7S/c62-33-36-19-24-54-44(28-36)45-29-37(34-63)20-25-55(45)68(54)40-31-50-60(65-35-40)59-49(14-9-27-64-59)61(50)47-13-4-8-18-57(47)69-58-32-39(21-23-48(58)61)67-53-17-7-3-12-43(53)46-30-38(22-26-56(46)67)66-51-15-5-1-10-41(51)42-11-2-6-16-52(42)66/h1-32,35H. The lowest BCUT2D eigenvalue weighted by molar-refractivity contribution is 0.718. The van der Waals surface area contributed by atoms with Crippen LogP contribution < -0.4 is 0 Å². The molecule has 69 heavy (non-hydrogen) atoms. The molecule has 0 saturated heterocycles. The first-order valence-electron chi connectivity index (χ1n) is 22.9. The first kappa shape index (κ1) is 38.0. The maximum atomic E-state index is 9.92. The highest BCUT2D eigenvalue weighted by Crippen LogP contribution is 2.62. The van der Waals surface area contributed by atoms with Gasteiger partial charge in [-0.15, -0.1) is 0 Å². The van der Waals surface area contributed by atoms with Gasteiger partial charge in [-0.05, 0) is 120 Å². The monoisotopic (exact) mass is 895 g/mol. The van der Waals surface area contributed by atoms with E-state index in [-0.39, 0.29) is 0 Å². The minimum atomic E-state index is -0.740. The highest BCUT2D eigenvalue weighted by molar-refractivity contribution is 7.99. The predicted octanol–water partition coefficient (Wildman–Crippen LogP) is 14.3. The molecule has 6 heterocycles. The third kappa shape index (κ3) is 5.00. The maximum absolute atomic E-state index is 9.92. The summed E-state index contributed by atoms with van der Waals surface area (Å²) in [6.45, 7) is 0. The van der Waals surface area contributed by atoms with Gasteiger partial charge in [-0.3, -0.25) is 9.97 Å². The zero-order valence-electron chi connectivity index (χ0n) is 36.6. The lowest BCUT2D eigenvalue weighted by Crippen LogP contribution is -2.32. The van der Waals surface area contributed by atoms with Crippen molar-refractivity contribution in [3.05, 3.63) is 234 Å². The minimum absolute atomic E-state index is 0.564. The highest BCUT2D eigenvalue weighted by Gasteiger charge is 2.52. The molecule has 2 aliphatic rings. The third-order valence-electron chi connectivity index (χ3n) is 14.6. The summed E-state index contributed by atoms with van der Waals surface area (Å²) >= 11 is 1.81. The average molecular weight is 896 g/mol. The first-order chi connectivity index (χ1) is 34.1. The summed E-state index contributed by atoms with van der Waals surface area (Å²) in [4.78, 5) is 12.7. The molecule has 1 aliphatic heterocycles. The van der Waals surface area contributed by atoms with Gasteiger partial charge in [-0.2, -0.15) is 10.5 Å². The summed E-state index contributed by atoms with van der Waals surface area (Å²) in [5.41, 5.74) is 16.3. The molecular formula is C61H33N7S. The summed E-state index contributed by atoms with van der Waals surface area (Å²) in [5.74, 6) is 0. The van der Waals surface area contributed by atoms with Crippen molar-refractivity contribution in [1.29, 1.82) is 10.5 Å². The molecular weight excluding hydrogens is 863 g/mol. The Morgan fingerprint density at radius 2 is 0.870 bits per heavy atom. The number of aromatic nitrogens is 5. The Labute approximate surface area is 399 Å². The molecule has 0 amide bonds. The Bertz CT molecular complexity index is 4390. The average Bonchev–Trinajstić information content (AvgIpc) is 4.12. The summed E-state index contributed by atoms with van der Waals surface area (Å²) in [6, 6.07) is 71.6. The molecule has 8 aromatic carbocycles. The van der Waals surface area contributed by atoms with Crippen LogP contribution in [0, 0.1) is 22.7 Å². The Kier molecular flexibility index (Phi) is 7.65. The number of rotatable bonds is 3. The second-order valence-electron chi connectivity index (χ2n) is 18.0. The molecule has 0 N–H and O–H groups in total. The molecule has 318 valence electrons. The maximum Gasteiger partial charge on any atom is 0.0991 e. The fourth-order valence-corrected chi connectivity index (χ4v) is 13.1. The van der Waals surface area contributed by atoms with E-state index >= 15 is 0 Å². The van der Waals surface area contributed by atoms with E-state index in [1.165, 1.54) is 48.6 Å². The number of benzene rings is 8. The Morgan fingerprint density at radius 3 is 1.54 bits per heavy atom. The molecule has 0 saturated carbocycles. The van der Waals surface area contributed by atoms with E-state index in [4.69, 9.17) is 9.97 Å². The third-order valence-corrected chi connectivity index (χ3v) is 15.8. The molecule has 7 nitrogen and oxygen atoms in total. The second-order valence-corrected chi connectivity index (χ2v) is 19.0. The topological polar surface area (TPSA) is 88.2 Å². The van der Waals surface area contributed by atoms with Crippen LogP contribution in [0.5, 0.6) is 0 Å². The van der Waals surface area contributed by atoms with Crippen LogP contribution in [0.1, 0.15) is 33.4 Å². The number of hydrogen-bond acceptors (Lipinski definition) is 5. The second kappa shape index (κ2) is 13.9. The van der Waals surface area contributed by atoms with Gasteiger partial charge in [0.15, 0.2) is 0 Å². The van der Waals surface area contributed by atoms with Crippen molar-refractivity contribution in [2.75, 3.05) is 0 Å². The van der Waals surface area contributed by atoms with Crippen LogP contribution in [0.3, 0.4) is 0 Å². The van der Waals surface area contributed by atoms with Crippen molar-refractivity contribution >= 4 is 77.2 Å². The molecule has 0 radical (unpaired) electrons. The van der Waals surface area contributed by atoms with Crippen molar-refractivity contribution in [1.82, 2.24) is 23.7 Å². The lowest BCUT2D eigenvalue weighted by Gasteiger charge is -2.39. The van der Waals surface area contributed by atoms with Crippen LogP contribution in [-0.4, -0.2) is 23.7 Å². The lowest BCUT2D eigenvalue weighted by atomic mass is 9.67. The normalized spacial score (nSPS) is 14.6. The quantitative estimate of drug-likeness (QED) is 0.176. The van der Waals surface area contributed by atoms with E-state index in [1.807, 2.05) is 66.6 Å². The smallest absolute Gasteiger partial charge is 0.0991 e. The van der Waals surface area contributed by atoms with Gasteiger partial charge in [0.05, 0.1) is 85.1 Å².